The molecule has 104 valence electrons. The molecule has 0 heterocycles. The molecule has 0 radical (unpaired) electrons. The Morgan fingerprint density at radius 2 is 2.05 bits per heavy atom. The summed E-state index contributed by atoms with van der Waals surface area (Å²) in [5.41, 5.74) is 7.54. The molecule has 2 N–H and O–H groups in total. The molecule has 0 bridgehead atoms. The van der Waals surface area contributed by atoms with Crippen LogP contribution >= 0.6 is 0 Å². The van der Waals surface area contributed by atoms with Crippen LogP contribution < -0.4 is 5.73 Å². The van der Waals surface area contributed by atoms with E-state index in [4.69, 9.17) is 10.5 Å². The standard InChI is InChI=1S/C16H23NO2/c17-15-8-4-7-13(11-15)9-10-16(18)19-12-14-5-2-1-3-6-14/h4,7-8,11,14H,1-3,5-6,9-10,12,17H2. The lowest BCUT2D eigenvalue weighted by molar-refractivity contribution is -0.145. The average Bonchev–Trinajstić information content (AvgIpc) is 2.44. The fourth-order valence-electron chi connectivity index (χ4n) is 2.63. The Hall–Kier alpha value is -1.51. The van der Waals surface area contributed by atoms with Gasteiger partial charge in [0.2, 0.25) is 0 Å². The molecule has 1 saturated carbocycles. The number of carbonyl (C=O) groups excluding carboxylic acids is 1. The minimum Gasteiger partial charge on any atom is -0.465 e. The maximum atomic E-state index is 11.7. The van der Waals surface area contributed by atoms with Crippen molar-refractivity contribution in [2.45, 2.75) is 44.9 Å². The van der Waals surface area contributed by atoms with Crippen LogP contribution in [0.25, 0.3) is 0 Å². The summed E-state index contributed by atoms with van der Waals surface area (Å²) < 4.78 is 5.36. The number of anilines is 1. The number of aryl methyl sites for hydroxylation is 1. The molecule has 2 rings (SSSR count). The summed E-state index contributed by atoms with van der Waals surface area (Å²) in [6.45, 7) is 0.607. The van der Waals surface area contributed by atoms with Crippen LogP contribution in [0.3, 0.4) is 0 Å². The topological polar surface area (TPSA) is 52.3 Å². The number of hydrogen-bond donors (Lipinski definition) is 1. The van der Waals surface area contributed by atoms with Crippen molar-refractivity contribution < 1.29 is 9.53 Å². The molecule has 0 aromatic heterocycles. The molecule has 1 aliphatic rings. The van der Waals surface area contributed by atoms with Gasteiger partial charge in [0.05, 0.1) is 6.61 Å². The molecule has 1 aromatic carbocycles. The van der Waals surface area contributed by atoms with Crippen molar-refractivity contribution in [1.29, 1.82) is 0 Å². The van der Waals surface area contributed by atoms with Crippen molar-refractivity contribution in [2.24, 2.45) is 5.92 Å². The lowest BCUT2D eigenvalue weighted by atomic mass is 9.90. The molecule has 0 amide bonds. The van der Waals surface area contributed by atoms with Gasteiger partial charge in [-0.15, -0.1) is 0 Å². The van der Waals surface area contributed by atoms with E-state index >= 15 is 0 Å². The van der Waals surface area contributed by atoms with Crippen LogP contribution in [0.15, 0.2) is 24.3 Å². The quantitative estimate of drug-likeness (QED) is 0.653. The highest BCUT2D eigenvalue weighted by Crippen LogP contribution is 2.23. The van der Waals surface area contributed by atoms with E-state index < -0.39 is 0 Å². The van der Waals surface area contributed by atoms with Crippen LogP contribution in [0.4, 0.5) is 5.69 Å². The zero-order valence-corrected chi connectivity index (χ0v) is 11.4. The fraction of sp³-hybridized carbons (Fsp3) is 0.562. The number of carbonyl (C=O) groups is 1. The molecule has 1 aromatic rings. The first-order valence-electron chi connectivity index (χ1n) is 7.24. The van der Waals surface area contributed by atoms with Gasteiger partial charge in [-0.05, 0) is 42.9 Å². The van der Waals surface area contributed by atoms with Gasteiger partial charge in [0.15, 0.2) is 0 Å². The normalized spacial score (nSPS) is 16.2. The van der Waals surface area contributed by atoms with Gasteiger partial charge in [0, 0.05) is 12.1 Å². The zero-order valence-electron chi connectivity index (χ0n) is 11.4. The van der Waals surface area contributed by atoms with Crippen molar-refractivity contribution in [3.8, 4) is 0 Å². The van der Waals surface area contributed by atoms with Crippen LogP contribution in [0.1, 0.15) is 44.1 Å². The molecular formula is C16H23NO2. The predicted octanol–water partition coefficient (Wildman–Crippen LogP) is 3.32. The summed E-state index contributed by atoms with van der Waals surface area (Å²) in [5.74, 6) is 0.498. The second kappa shape index (κ2) is 7.17. The summed E-state index contributed by atoms with van der Waals surface area (Å²) in [6, 6.07) is 7.67. The second-order valence-electron chi connectivity index (χ2n) is 5.43. The van der Waals surface area contributed by atoms with Crippen LogP contribution in [0.5, 0.6) is 0 Å². The van der Waals surface area contributed by atoms with E-state index in [0.717, 1.165) is 11.3 Å². The Morgan fingerprint density at radius 3 is 2.79 bits per heavy atom. The van der Waals surface area contributed by atoms with E-state index in [0.29, 0.717) is 25.4 Å². The molecule has 1 fully saturated rings. The number of nitrogen functional groups attached to an aromatic ring is 1. The van der Waals surface area contributed by atoms with Crippen molar-refractivity contribution in [3.63, 3.8) is 0 Å². The van der Waals surface area contributed by atoms with E-state index in [9.17, 15) is 4.79 Å². The summed E-state index contributed by atoms with van der Waals surface area (Å²) in [7, 11) is 0. The lowest BCUT2D eigenvalue weighted by Crippen LogP contribution is -2.17. The van der Waals surface area contributed by atoms with Gasteiger partial charge in [-0.2, -0.15) is 0 Å². The molecule has 1 aliphatic carbocycles. The Kier molecular flexibility index (Phi) is 5.25. The largest absolute Gasteiger partial charge is 0.465 e. The molecule has 19 heavy (non-hydrogen) atoms. The molecule has 0 spiro atoms. The van der Waals surface area contributed by atoms with Crippen LogP contribution in [0.2, 0.25) is 0 Å². The van der Waals surface area contributed by atoms with Gasteiger partial charge in [-0.25, -0.2) is 0 Å². The molecule has 0 saturated heterocycles. The number of rotatable bonds is 5. The Bertz CT molecular complexity index is 411. The van der Waals surface area contributed by atoms with Gasteiger partial charge in [-0.3, -0.25) is 4.79 Å². The summed E-state index contributed by atoms with van der Waals surface area (Å²) in [5, 5.41) is 0. The van der Waals surface area contributed by atoms with E-state index in [1.165, 1.54) is 32.1 Å². The van der Waals surface area contributed by atoms with Crippen LogP contribution in [-0.2, 0) is 16.0 Å². The smallest absolute Gasteiger partial charge is 0.306 e. The minimum atomic E-state index is -0.0898. The van der Waals surface area contributed by atoms with Crippen molar-refractivity contribution in [2.75, 3.05) is 12.3 Å². The van der Waals surface area contributed by atoms with Crippen molar-refractivity contribution in [3.05, 3.63) is 29.8 Å². The van der Waals surface area contributed by atoms with E-state index in [-0.39, 0.29) is 5.97 Å². The monoisotopic (exact) mass is 261 g/mol. The third kappa shape index (κ3) is 4.93. The summed E-state index contributed by atoms with van der Waals surface area (Å²) in [6.07, 6.45) is 7.46. The third-order valence-corrected chi connectivity index (χ3v) is 3.77. The second-order valence-corrected chi connectivity index (χ2v) is 5.43. The zero-order chi connectivity index (χ0) is 13.5. The van der Waals surface area contributed by atoms with Gasteiger partial charge in [0.1, 0.15) is 0 Å². The molecule has 0 unspecified atom stereocenters. The first-order chi connectivity index (χ1) is 9.24. The van der Waals surface area contributed by atoms with E-state index in [2.05, 4.69) is 0 Å². The maximum Gasteiger partial charge on any atom is 0.306 e. The predicted molar refractivity (Wildman–Crippen MR) is 76.7 cm³/mol. The van der Waals surface area contributed by atoms with Gasteiger partial charge < -0.3 is 10.5 Å². The fourth-order valence-corrected chi connectivity index (χ4v) is 2.63. The summed E-state index contributed by atoms with van der Waals surface area (Å²) in [4.78, 5) is 11.7. The van der Waals surface area contributed by atoms with Crippen LogP contribution in [-0.4, -0.2) is 12.6 Å². The maximum absolute atomic E-state index is 11.7. The molecule has 0 atom stereocenters. The van der Waals surface area contributed by atoms with Gasteiger partial charge in [0.25, 0.3) is 0 Å². The van der Waals surface area contributed by atoms with Crippen molar-refractivity contribution in [1.82, 2.24) is 0 Å². The number of benzene rings is 1. The Morgan fingerprint density at radius 1 is 1.26 bits per heavy atom. The third-order valence-electron chi connectivity index (χ3n) is 3.77. The minimum absolute atomic E-state index is 0.0898. The van der Waals surface area contributed by atoms with Gasteiger partial charge in [-0.1, -0.05) is 31.4 Å². The number of nitrogens with two attached hydrogens (primary N) is 1. The van der Waals surface area contributed by atoms with Crippen molar-refractivity contribution >= 4 is 11.7 Å². The number of ether oxygens (including phenoxy) is 1. The average molecular weight is 261 g/mol. The number of hydrogen-bond acceptors (Lipinski definition) is 3. The first kappa shape index (κ1) is 13.9. The Balaban J connectivity index is 1.66. The highest BCUT2D eigenvalue weighted by molar-refractivity contribution is 5.69. The highest BCUT2D eigenvalue weighted by atomic mass is 16.5. The SMILES string of the molecule is Nc1cccc(CCC(=O)OCC2CCCCC2)c1. The number of esters is 1. The molecule has 3 heteroatoms. The Labute approximate surface area is 115 Å². The van der Waals surface area contributed by atoms with Gasteiger partial charge >= 0.3 is 5.97 Å². The summed E-state index contributed by atoms with van der Waals surface area (Å²) >= 11 is 0. The lowest BCUT2D eigenvalue weighted by Gasteiger charge is -2.21. The highest BCUT2D eigenvalue weighted by Gasteiger charge is 2.15. The molecule has 3 nitrogen and oxygen atoms in total. The van der Waals surface area contributed by atoms with E-state index in [1.54, 1.807) is 0 Å². The molecule has 0 aliphatic heterocycles. The van der Waals surface area contributed by atoms with Crippen LogP contribution in [0, 0.1) is 5.92 Å². The first-order valence-corrected chi connectivity index (χ1v) is 7.24. The van der Waals surface area contributed by atoms with E-state index in [1.807, 2.05) is 24.3 Å². The molecular weight excluding hydrogens is 238 g/mol.